The van der Waals surface area contributed by atoms with Crippen LogP contribution in [0.3, 0.4) is 0 Å². The molecule has 6 unspecified atom stereocenters. The second-order valence-corrected chi connectivity index (χ2v) is 18.0. The van der Waals surface area contributed by atoms with Crippen LogP contribution >= 0.6 is 0 Å². The SMILES string of the molecule is CCCCC/C=C\CCCCCCCCOCC(COC1OC(CO)C(O)C(O)C1O)OC(=O)CCCCCCCCCCCCCCCCCCCCCCCCCC. The van der Waals surface area contributed by atoms with Crippen molar-refractivity contribution < 1.29 is 44.2 Å². The summed E-state index contributed by atoms with van der Waals surface area (Å²) < 4.78 is 22.9. The number of hydrogen-bond donors (Lipinski definition) is 4. The molecular weight excluding hydrogens is 757 g/mol. The Hall–Kier alpha value is -1.07. The minimum absolute atomic E-state index is 0.110. The molecule has 0 aromatic rings. The predicted molar refractivity (Wildman–Crippen MR) is 247 cm³/mol. The molecule has 0 aliphatic carbocycles. The van der Waals surface area contributed by atoms with Crippen molar-refractivity contribution in [1.29, 1.82) is 0 Å². The molecule has 0 aromatic heterocycles. The Kier molecular flexibility index (Phi) is 41.0. The van der Waals surface area contributed by atoms with Gasteiger partial charge >= 0.3 is 5.97 Å². The lowest BCUT2D eigenvalue weighted by Crippen LogP contribution is -2.59. The molecule has 6 atom stereocenters. The standard InChI is InChI=1S/C51H98O9/c1-3-5-7-9-11-13-15-17-18-19-20-21-22-23-24-25-26-27-28-30-32-34-36-38-40-47(53)59-45(44-58-51-50(56)49(55)48(54)46(42-52)60-51)43-57-41-39-37-35-33-31-29-16-14-12-10-8-6-4-2/h12,14,45-46,48-52,54-56H,3-11,13,15-44H2,1-2H3/b14-12-. The summed E-state index contributed by atoms with van der Waals surface area (Å²) in [6.45, 7) is 4.57. The molecule has 60 heavy (non-hydrogen) atoms. The minimum Gasteiger partial charge on any atom is -0.457 e. The molecule has 1 aliphatic rings. The normalized spacial score (nSPS) is 20.0. The van der Waals surface area contributed by atoms with Crippen LogP contribution in [0.4, 0.5) is 0 Å². The van der Waals surface area contributed by atoms with Gasteiger partial charge in [-0.05, 0) is 38.5 Å². The van der Waals surface area contributed by atoms with Gasteiger partial charge in [-0.25, -0.2) is 0 Å². The van der Waals surface area contributed by atoms with Gasteiger partial charge in [0.2, 0.25) is 0 Å². The largest absolute Gasteiger partial charge is 0.457 e. The second kappa shape index (κ2) is 43.2. The molecule has 1 fully saturated rings. The summed E-state index contributed by atoms with van der Waals surface area (Å²) in [4.78, 5) is 12.8. The molecule has 356 valence electrons. The summed E-state index contributed by atoms with van der Waals surface area (Å²) in [6, 6.07) is 0. The summed E-state index contributed by atoms with van der Waals surface area (Å²) >= 11 is 0. The fourth-order valence-electron chi connectivity index (χ4n) is 8.14. The third-order valence-electron chi connectivity index (χ3n) is 12.2. The van der Waals surface area contributed by atoms with Gasteiger partial charge in [-0.1, -0.05) is 212 Å². The Balaban J connectivity index is 2.15. The zero-order valence-electron chi connectivity index (χ0n) is 39.2. The van der Waals surface area contributed by atoms with Gasteiger partial charge in [-0.3, -0.25) is 4.79 Å². The highest BCUT2D eigenvalue weighted by atomic mass is 16.7. The Labute approximate surface area is 369 Å². The van der Waals surface area contributed by atoms with Crippen LogP contribution in [0.2, 0.25) is 0 Å². The zero-order chi connectivity index (χ0) is 43.6. The topological polar surface area (TPSA) is 135 Å². The lowest BCUT2D eigenvalue weighted by molar-refractivity contribution is -0.305. The van der Waals surface area contributed by atoms with Crippen molar-refractivity contribution in [3.8, 4) is 0 Å². The highest BCUT2D eigenvalue weighted by Crippen LogP contribution is 2.23. The van der Waals surface area contributed by atoms with Gasteiger partial charge in [-0.15, -0.1) is 0 Å². The van der Waals surface area contributed by atoms with Crippen LogP contribution < -0.4 is 0 Å². The van der Waals surface area contributed by atoms with E-state index in [1.165, 1.54) is 193 Å². The monoisotopic (exact) mass is 855 g/mol. The summed E-state index contributed by atoms with van der Waals surface area (Å²) in [6.07, 6.45) is 42.5. The molecule has 1 saturated heterocycles. The molecule has 0 radical (unpaired) electrons. The summed E-state index contributed by atoms with van der Waals surface area (Å²) in [5.41, 5.74) is 0. The first-order valence-corrected chi connectivity index (χ1v) is 25.8. The molecule has 0 aromatic carbocycles. The predicted octanol–water partition coefficient (Wildman–Crippen LogP) is 12.4. The van der Waals surface area contributed by atoms with E-state index in [2.05, 4.69) is 26.0 Å². The highest BCUT2D eigenvalue weighted by Gasteiger charge is 2.44. The third-order valence-corrected chi connectivity index (χ3v) is 12.2. The smallest absolute Gasteiger partial charge is 0.306 e. The maximum atomic E-state index is 12.8. The molecular formula is C51H98O9. The highest BCUT2D eigenvalue weighted by molar-refractivity contribution is 5.69. The zero-order valence-corrected chi connectivity index (χ0v) is 39.2. The first kappa shape index (κ1) is 56.9. The Bertz CT molecular complexity index is 930. The second-order valence-electron chi connectivity index (χ2n) is 18.0. The van der Waals surface area contributed by atoms with Crippen molar-refractivity contribution in [2.45, 2.75) is 282 Å². The van der Waals surface area contributed by atoms with Crippen LogP contribution in [-0.4, -0.2) is 89.6 Å². The Morgan fingerprint density at radius 2 is 0.917 bits per heavy atom. The van der Waals surface area contributed by atoms with Crippen molar-refractivity contribution in [1.82, 2.24) is 0 Å². The maximum Gasteiger partial charge on any atom is 0.306 e. The van der Waals surface area contributed by atoms with Crippen LogP contribution in [-0.2, 0) is 23.7 Å². The Morgan fingerprint density at radius 1 is 0.517 bits per heavy atom. The van der Waals surface area contributed by atoms with Crippen molar-refractivity contribution in [3.05, 3.63) is 12.2 Å². The van der Waals surface area contributed by atoms with Gasteiger partial charge in [0.1, 0.15) is 30.5 Å². The quantitative estimate of drug-likeness (QED) is 0.0268. The number of rotatable bonds is 45. The van der Waals surface area contributed by atoms with E-state index >= 15 is 0 Å². The van der Waals surface area contributed by atoms with Crippen LogP contribution in [0.5, 0.6) is 0 Å². The molecule has 0 bridgehead atoms. The summed E-state index contributed by atoms with van der Waals surface area (Å²) in [5.74, 6) is -0.310. The van der Waals surface area contributed by atoms with Gasteiger partial charge in [0, 0.05) is 13.0 Å². The van der Waals surface area contributed by atoms with Crippen LogP contribution in [0, 0.1) is 0 Å². The van der Waals surface area contributed by atoms with E-state index < -0.39 is 43.4 Å². The number of ether oxygens (including phenoxy) is 4. The number of unbranched alkanes of at least 4 members (excludes halogenated alkanes) is 32. The average molecular weight is 855 g/mol. The van der Waals surface area contributed by atoms with Gasteiger partial charge in [0.05, 0.1) is 19.8 Å². The first-order valence-electron chi connectivity index (χ1n) is 25.8. The number of hydrogen-bond acceptors (Lipinski definition) is 9. The van der Waals surface area contributed by atoms with Gasteiger partial charge < -0.3 is 39.4 Å². The number of aliphatic hydroxyl groups is 4. The molecule has 0 amide bonds. The van der Waals surface area contributed by atoms with Crippen LogP contribution in [0.15, 0.2) is 12.2 Å². The van der Waals surface area contributed by atoms with Gasteiger partial charge in [-0.2, -0.15) is 0 Å². The molecule has 1 heterocycles. The number of carbonyl (C=O) groups is 1. The minimum atomic E-state index is -1.53. The van der Waals surface area contributed by atoms with Gasteiger partial charge in [0.25, 0.3) is 0 Å². The number of carbonyl (C=O) groups excluding carboxylic acids is 1. The van der Waals surface area contributed by atoms with E-state index in [0.717, 1.165) is 32.1 Å². The fraction of sp³-hybridized carbons (Fsp3) is 0.941. The van der Waals surface area contributed by atoms with E-state index in [1.54, 1.807) is 0 Å². The van der Waals surface area contributed by atoms with E-state index in [0.29, 0.717) is 13.0 Å². The lowest BCUT2D eigenvalue weighted by atomic mass is 9.99. The molecule has 1 aliphatic heterocycles. The first-order chi connectivity index (χ1) is 29.4. The summed E-state index contributed by atoms with van der Waals surface area (Å²) in [5, 5.41) is 40.2. The molecule has 9 nitrogen and oxygen atoms in total. The third kappa shape index (κ3) is 33.5. The fourth-order valence-corrected chi connectivity index (χ4v) is 8.14. The van der Waals surface area contributed by atoms with Crippen molar-refractivity contribution >= 4 is 5.97 Å². The molecule has 0 saturated carbocycles. The maximum absolute atomic E-state index is 12.8. The van der Waals surface area contributed by atoms with E-state index in [1.807, 2.05) is 0 Å². The van der Waals surface area contributed by atoms with E-state index in [-0.39, 0.29) is 19.2 Å². The molecule has 9 heteroatoms. The molecule has 4 N–H and O–H groups in total. The number of aliphatic hydroxyl groups excluding tert-OH is 4. The van der Waals surface area contributed by atoms with E-state index in [9.17, 15) is 25.2 Å². The van der Waals surface area contributed by atoms with Crippen molar-refractivity contribution in [2.75, 3.05) is 26.4 Å². The molecule has 1 rings (SSSR count). The number of esters is 1. The lowest BCUT2D eigenvalue weighted by Gasteiger charge is -2.39. The van der Waals surface area contributed by atoms with Gasteiger partial charge in [0.15, 0.2) is 6.29 Å². The summed E-state index contributed by atoms with van der Waals surface area (Å²) in [7, 11) is 0. The Morgan fingerprint density at radius 3 is 1.38 bits per heavy atom. The average Bonchev–Trinajstić information content (AvgIpc) is 3.25. The van der Waals surface area contributed by atoms with Crippen LogP contribution in [0.25, 0.3) is 0 Å². The molecule has 0 spiro atoms. The van der Waals surface area contributed by atoms with Crippen molar-refractivity contribution in [2.24, 2.45) is 0 Å². The van der Waals surface area contributed by atoms with Crippen LogP contribution in [0.1, 0.15) is 245 Å². The van der Waals surface area contributed by atoms with E-state index in [4.69, 9.17) is 18.9 Å². The number of allylic oxidation sites excluding steroid dienone is 2. The van der Waals surface area contributed by atoms with Crippen molar-refractivity contribution in [3.63, 3.8) is 0 Å².